The highest BCUT2D eigenvalue weighted by molar-refractivity contribution is 7.17. The van der Waals surface area contributed by atoms with Crippen molar-refractivity contribution in [3.63, 3.8) is 0 Å². The number of carbonyl (C=O) groups is 2. The molecule has 0 amide bonds. The van der Waals surface area contributed by atoms with Crippen LogP contribution in [-0.2, 0) is 9.53 Å². The van der Waals surface area contributed by atoms with E-state index in [4.69, 9.17) is 5.11 Å². The molecule has 15 heavy (non-hydrogen) atoms. The predicted octanol–water partition coefficient (Wildman–Crippen LogP) is 0.815. The van der Waals surface area contributed by atoms with Crippen LogP contribution in [0.25, 0.3) is 0 Å². The lowest BCUT2D eigenvalue weighted by atomic mass is 10.3. The average molecular weight is 230 g/mol. The molecule has 0 saturated heterocycles. The maximum atomic E-state index is 11.0. The lowest BCUT2D eigenvalue weighted by Crippen LogP contribution is -2.26. The fourth-order valence-corrected chi connectivity index (χ4v) is 1.60. The topological polar surface area (TPSA) is 88.5 Å². The van der Waals surface area contributed by atoms with E-state index >= 15 is 0 Å². The molecule has 0 saturated carbocycles. The van der Waals surface area contributed by atoms with Crippen molar-refractivity contribution in [1.82, 2.24) is 4.98 Å². The molecule has 6 nitrogen and oxygen atoms in total. The summed E-state index contributed by atoms with van der Waals surface area (Å²) >= 11 is 0.968. The first-order valence-corrected chi connectivity index (χ1v) is 4.89. The van der Waals surface area contributed by atoms with Crippen molar-refractivity contribution in [3.05, 3.63) is 11.1 Å². The van der Waals surface area contributed by atoms with E-state index in [9.17, 15) is 9.59 Å². The summed E-state index contributed by atoms with van der Waals surface area (Å²) in [5, 5.41) is 11.8. The molecule has 0 aliphatic heterocycles. The Morgan fingerprint density at radius 3 is 2.80 bits per heavy atom. The van der Waals surface area contributed by atoms with Crippen molar-refractivity contribution >= 4 is 28.4 Å². The number of methoxy groups -OCH3 is 1. The summed E-state index contributed by atoms with van der Waals surface area (Å²) in [6.07, 6.45) is 1.24. The van der Waals surface area contributed by atoms with Gasteiger partial charge in [0.05, 0.1) is 13.3 Å². The van der Waals surface area contributed by atoms with Crippen molar-refractivity contribution in [1.29, 1.82) is 0 Å². The van der Waals surface area contributed by atoms with Crippen molar-refractivity contribution in [2.75, 3.05) is 12.4 Å². The van der Waals surface area contributed by atoms with Gasteiger partial charge in [0.25, 0.3) is 0 Å². The van der Waals surface area contributed by atoms with Gasteiger partial charge in [-0.25, -0.2) is 14.6 Å². The maximum absolute atomic E-state index is 11.0. The molecule has 82 valence electrons. The molecule has 0 aliphatic carbocycles. The quantitative estimate of drug-likeness (QED) is 0.744. The minimum Gasteiger partial charge on any atom is -0.477 e. The van der Waals surface area contributed by atoms with E-state index in [1.54, 1.807) is 6.92 Å². The van der Waals surface area contributed by atoms with Gasteiger partial charge < -0.3 is 15.2 Å². The third-order valence-electron chi connectivity index (χ3n) is 1.61. The van der Waals surface area contributed by atoms with Crippen molar-refractivity contribution in [2.45, 2.75) is 13.0 Å². The van der Waals surface area contributed by atoms with E-state index in [0.717, 1.165) is 11.3 Å². The molecule has 0 aromatic carbocycles. The number of rotatable bonds is 4. The Bertz CT molecular complexity index is 376. The highest BCUT2D eigenvalue weighted by atomic mass is 32.1. The summed E-state index contributed by atoms with van der Waals surface area (Å²) in [6.45, 7) is 1.60. The highest BCUT2D eigenvalue weighted by Crippen LogP contribution is 2.18. The molecule has 7 heteroatoms. The molecule has 1 rings (SSSR count). The molecule has 1 heterocycles. The summed E-state index contributed by atoms with van der Waals surface area (Å²) in [4.78, 5) is 25.5. The Morgan fingerprint density at radius 1 is 1.67 bits per heavy atom. The zero-order valence-corrected chi connectivity index (χ0v) is 9.00. The number of anilines is 1. The number of nitrogens with zero attached hydrogens (tertiary/aromatic N) is 1. The van der Waals surface area contributed by atoms with Gasteiger partial charge in [-0.3, -0.25) is 0 Å². The number of thiazole rings is 1. The summed E-state index contributed by atoms with van der Waals surface area (Å²) in [5.41, 5.74) is 0. The number of nitrogens with one attached hydrogen (secondary N) is 1. The van der Waals surface area contributed by atoms with Crippen molar-refractivity contribution in [3.8, 4) is 0 Å². The fraction of sp³-hybridized carbons (Fsp3) is 0.375. The standard InChI is InChI=1S/C8H10N2O4S/c1-4(7(13)14-2)10-8-9-3-5(15-8)6(11)12/h3-4H,1-2H3,(H,9,10)(H,11,12). The van der Waals surface area contributed by atoms with E-state index in [1.165, 1.54) is 13.3 Å². The minimum absolute atomic E-state index is 0.120. The van der Waals surface area contributed by atoms with Crippen LogP contribution in [-0.4, -0.2) is 35.2 Å². The Labute approximate surface area is 89.9 Å². The molecule has 1 atom stereocenters. The van der Waals surface area contributed by atoms with Gasteiger partial charge in [-0.1, -0.05) is 11.3 Å². The van der Waals surface area contributed by atoms with Crippen LogP contribution in [0.3, 0.4) is 0 Å². The number of carbonyl (C=O) groups excluding carboxylic acids is 1. The summed E-state index contributed by atoms with van der Waals surface area (Å²) < 4.78 is 4.50. The van der Waals surface area contributed by atoms with Gasteiger partial charge in [-0.05, 0) is 6.92 Å². The zero-order valence-electron chi connectivity index (χ0n) is 8.18. The van der Waals surface area contributed by atoms with Gasteiger partial charge in [-0.2, -0.15) is 0 Å². The molecule has 0 spiro atoms. The largest absolute Gasteiger partial charge is 0.477 e. The number of carboxylic acids is 1. The number of aromatic nitrogens is 1. The Hall–Kier alpha value is -1.63. The molecule has 1 unspecified atom stereocenters. The molecule has 0 aliphatic rings. The molecule has 0 bridgehead atoms. The normalized spacial score (nSPS) is 11.9. The number of esters is 1. The van der Waals surface area contributed by atoms with Gasteiger partial charge in [0.1, 0.15) is 10.9 Å². The van der Waals surface area contributed by atoms with E-state index in [2.05, 4.69) is 15.0 Å². The summed E-state index contributed by atoms with van der Waals surface area (Å²) in [6, 6.07) is -0.553. The Kier molecular flexibility index (Phi) is 3.62. The van der Waals surface area contributed by atoms with Crippen molar-refractivity contribution in [2.24, 2.45) is 0 Å². The van der Waals surface area contributed by atoms with Gasteiger partial charge in [0.2, 0.25) is 0 Å². The van der Waals surface area contributed by atoms with Gasteiger partial charge >= 0.3 is 11.9 Å². The maximum Gasteiger partial charge on any atom is 0.347 e. The SMILES string of the molecule is COC(=O)C(C)Nc1ncc(C(=O)O)s1. The van der Waals surface area contributed by atoms with Gasteiger partial charge in [-0.15, -0.1) is 0 Å². The molecule has 0 radical (unpaired) electrons. The van der Waals surface area contributed by atoms with Crippen LogP contribution in [0.15, 0.2) is 6.20 Å². The van der Waals surface area contributed by atoms with E-state index in [-0.39, 0.29) is 4.88 Å². The van der Waals surface area contributed by atoms with Crippen LogP contribution in [0, 0.1) is 0 Å². The zero-order chi connectivity index (χ0) is 11.4. The van der Waals surface area contributed by atoms with Crippen LogP contribution in [0.2, 0.25) is 0 Å². The van der Waals surface area contributed by atoms with Gasteiger partial charge in [0, 0.05) is 0 Å². The first-order chi connectivity index (χ1) is 7.04. The Balaban J connectivity index is 2.65. The molecule has 1 aromatic rings. The average Bonchev–Trinajstić information content (AvgIpc) is 2.65. The minimum atomic E-state index is -1.04. The smallest absolute Gasteiger partial charge is 0.347 e. The van der Waals surface area contributed by atoms with Crippen LogP contribution in [0.1, 0.15) is 16.6 Å². The number of ether oxygens (including phenoxy) is 1. The van der Waals surface area contributed by atoms with Crippen LogP contribution >= 0.6 is 11.3 Å². The van der Waals surface area contributed by atoms with E-state index in [1.807, 2.05) is 0 Å². The van der Waals surface area contributed by atoms with Crippen LogP contribution in [0.5, 0.6) is 0 Å². The summed E-state index contributed by atoms with van der Waals surface area (Å²) in [7, 11) is 1.28. The summed E-state index contributed by atoms with van der Waals surface area (Å²) in [5.74, 6) is -1.46. The van der Waals surface area contributed by atoms with Crippen LogP contribution < -0.4 is 5.32 Å². The number of hydrogen-bond donors (Lipinski definition) is 2. The second-order valence-electron chi connectivity index (χ2n) is 2.72. The second-order valence-corrected chi connectivity index (χ2v) is 3.75. The fourth-order valence-electron chi connectivity index (χ4n) is 0.861. The molecular weight excluding hydrogens is 220 g/mol. The molecule has 1 aromatic heterocycles. The van der Waals surface area contributed by atoms with Gasteiger partial charge in [0.15, 0.2) is 5.13 Å². The third kappa shape index (κ3) is 2.91. The first kappa shape index (κ1) is 11.4. The Morgan fingerprint density at radius 2 is 2.33 bits per heavy atom. The van der Waals surface area contributed by atoms with E-state index in [0.29, 0.717) is 5.13 Å². The monoisotopic (exact) mass is 230 g/mol. The van der Waals surface area contributed by atoms with E-state index < -0.39 is 18.0 Å². The first-order valence-electron chi connectivity index (χ1n) is 4.08. The van der Waals surface area contributed by atoms with Crippen molar-refractivity contribution < 1.29 is 19.4 Å². The number of carboxylic acid groups (broad SMARTS) is 1. The lowest BCUT2D eigenvalue weighted by molar-refractivity contribution is -0.141. The highest BCUT2D eigenvalue weighted by Gasteiger charge is 2.15. The predicted molar refractivity (Wildman–Crippen MR) is 54.2 cm³/mol. The molecular formula is C8H10N2O4S. The third-order valence-corrected chi connectivity index (χ3v) is 2.53. The second kappa shape index (κ2) is 4.74. The molecule has 2 N–H and O–H groups in total. The van der Waals surface area contributed by atoms with Crippen LogP contribution in [0.4, 0.5) is 5.13 Å². The number of aromatic carboxylic acids is 1. The molecule has 0 fully saturated rings. The number of hydrogen-bond acceptors (Lipinski definition) is 6. The lowest BCUT2D eigenvalue weighted by Gasteiger charge is -2.09.